The van der Waals surface area contributed by atoms with Crippen molar-refractivity contribution < 1.29 is 9.59 Å². The van der Waals surface area contributed by atoms with E-state index in [4.69, 9.17) is 0 Å². The van der Waals surface area contributed by atoms with Gasteiger partial charge in [-0.25, -0.2) is 0 Å². The van der Waals surface area contributed by atoms with Gasteiger partial charge in [0.2, 0.25) is 11.8 Å². The van der Waals surface area contributed by atoms with Crippen LogP contribution in [0.5, 0.6) is 0 Å². The first-order valence-corrected chi connectivity index (χ1v) is 5.29. The molecular formula is C10H16N2O2. The maximum atomic E-state index is 11.8. The smallest absolute Gasteiger partial charge is 0.246 e. The van der Waals surface area contributed by atoms with Crippen molar-refractivity contribution in [3.05, 3.63) is 0 Å². The zero-order chi connectivity index (χ0) is 10.2. The van der Waals surface area contributed by atoms with Crippen LogP contribution in [0.1, 0.15) is 32.6 Å². The number of carbonyl (C=O) groups is 2. The first-order valence-electron chi connectivity index (χ1n) is 5.29. The molecule has 0 aromatic heterocycles. The van der Waals surface area contributed by atoms with Crippen molar-refractivity contribution in [2.45, 2.75) is 38.1 Å². The van der Waals surface area contributed by atoms with Gasteiger partial charge in [0.15, 0.2) is 0 Å². The lowest BCUT2D eigenvalue weighted by Gasteiger charge is -2.42. The number of rotatable bonds is 1. The van der Waals surface area contributed by atoms with Crippen molar-refractivity contribution in [2.24, 2.45) is 0 Å². The highest BCUT2D eigenvalue weighted by molar-refractivity contribution is 5.98. The third kappa shape index (κ3) is 1.13. The molecule has 0 aromatic carbocycles. The molecule has 2 fully saturated rings. The number of amides is 2. The molecule has 4 heteroatoms. The molecule has 2 aliphatic rings. The summed E-state index contributed by atoms with van der Waals surface area (Å²) in [6.45, 7) is 2.76. The molecule has 1 heterocycles. The van der Waals surface area contributed by atoms with Crippen LogP contribution in [0.4, 0.5) is 0 Å². The Morgan fingerprint density at radius 3 is 2.57 bits per heavy atom. The third-order valence-electron chi connectivity index (χ3n) is 3.39. The molecule has 0 atom stereocenters. The van der Waals surface area contributed by atoms with Gasteiger partial charge in [0.1, 0.15) is 5.54 Å². The molecule has 0 radical (unpaired) electrons. The van der Waals surface area contributed by atoms with Crippen LogP contribution in [0.2, 0.25) is 0 Å². The van der Waals surface area contributed by atoms with E-state index in [1.165, 1.54) is 0 Å². The molecule has 4 nitrogen and oxygen atoms in total. The molecule has 0 bridgehead atoms. The van der Waals surface area contributed by atoms with Crippen molar-refractivity contribution in [2.75, 3.05) is 13.1 Å². The van der Waals surface area contributed by atoms with Gasteiger partial charge >= 0.3 is 0 Å². The normalized spacial score (nSPS) is 25.6. The molecule has 1 spiro atoms. The summed E-state index contributed by atoms with van der Waals surface area (Å²) in [6, 6.07) is 0. The van der Waals surface area contributed by atoms with Crippen LogP contribution in [0, 0.1) is 0 Å². The average Bonchev–Trinajstić information content (AvgIpc) is 2.63. The summed E-state index contributed by atoms with van der Waals surface area (Å²) in [7, 11) is 0. The molecule has 14 heavy (non-hydrogen) atoms. The van der Waals surface area contributed by atoms with Crippen LogP contribution in [0.3, 0.4) is 0 Å². The lowest BCUT2D eigenvalue weighted by molar-refractivity contribution is -0.153. The summed E-state index contributed by atoms with van der Waals surface area (Å²) in [5, 5.41) is 2.70. The third-order valence-corrected chi connectivity index (χ3v) is 3.39. The van der Waals surface area contributed by atoms with Gasteiger partial charge in [0.05, 0.1) is 6.54 Å². The van der Waals surface area contributed by atoms with Gasteiger partial charge in [0.25, 0.3) is 0 Å². The largest absolute Gasteiger partial charge is 0.345 e. The molecule has 2 amide bonds. The standard InChI is InChI=1S/C10H16N2O2/c1-2-12-8(13)7-11-9(14)10(12)5-3-4-6-10/h2-7H2,1H3,(H,11,14). The minimum Gasteiger partial charge on any atom is -0.345 e. The SMILES string of the molecule is CCN1C(=O)CNC(=O)C12CCCC2. The lowest BCUT2D eigenvalue weighted by Crippen LogP contribution is -2.65. The molecule has 1 N–H and O–H groups in total. The molecule has 1 aliphatic carbocycles. The molecule has 1 saturated carbocycles. The van der Waals surface area contributed by atoms with E-state index in [0.29, 0.717) is 6.54 Å². The highest BCUT2D eigenvalue weighted by Crippen LogP contribution is 2.36. The maximum absolute atomic E-state index is 11.8. The van der Waals surface area contributed by atoms with Crippen molar-refractivity contribution in [1.82, 2.24) is 10.2 Å². The fourth-order valence-electron chi connectivity index (χ4n) is 2.71. The number of hydrogen-bond acceptors (Lipinski definition) is 2. The molecular weight excluding hydrogens is 180 g/mol. The second-order valence-corrected chi connectivity index (χ2v) is 4.06. The van der Waals surface area contributed by atoms with Crippen LogP contribution in [0.15, 0.2) is 0 Å². The van der Waals surface area contributed by atoms with Gasteiger partial charge in [-0.3, -0.25) is 9.59 Å². The Morgan fingerprint density at radius 2 is 2.00 bits per heavy atom. The minimum absolute atomic E-state index is 0.0523. The van der Waals surface area contributed by atoms with Gasteiger partial charge in [0, 0.05) is 6.54 Å². The van der Waals surface area contributed by atoms with E-state index in [-0.39, 0.29) is 18.4 Å². The predicted molar refractivity (Wildman–Crippen MR) is 51.6 cm³/mol. The zero-order valence-electron chi connectivity index (χ0n) is 8.51. The number of hydrogen-bond donors (Lipinski definition) is 1. The first-order chi connectivity index (χ1) is 6.70. The van der Waals surface area contributed by atoms with Gasteiger partial charge < -0.3 is 10.2 Å². The van der Waals surface area contributed by atoms with Gasteiger partial charge in [-0.15, -0.1) is 0 Å². The second-order valence-electron chi connectivity index (χ2n) is 4.06. The highest BCUT2D eigenvalue weighted by Gasteiger charge is 2.49. The van der Waals surface area contributed by atoms with Crippen LogP contribution in [-0.2, 0) is 9.59 Å². The predicted octanol–water partition coefficient (Wildman–Crippen LogP) is 0.277. The summed E-state index contributed by atoms with van der Waals surface area (Å²) in [5.74, 6) is 0.116. The molecule has 2 rings (SSSR count). The van der Waals surface area contributed by atoms with E-state index < -0.39 is 5.54 Å². The fraction of sp³-hybridized carbons (Fsp3) is 0.800. The van der Waals surface area contributed by atoms with E-state index in [1.54, 1.807) is 4.90 Å². The summed E-state index contributed by atoms with van der Waals surface area (Å²) in [5.41, 5.74) is -0.496. The lowest BCUT2D eigenvalue weighted by atomic mass is 9.91. The second kappa shape index (κ2) is 3.26. The summed E-state index contributed by atoms with van der Waals surface area (Å²) < 4.78 is 0. The van der Waals surface area contributed by atoms with Crippen LogP contribution >= 0.6 is 0 Å². The van der Waals surface area contributed by atoms with Crippen LogP contribution in [-0.4, -0.2) is 35.3 Å². The Bertz CT molecular complexity index is 269. The zero-order valence-corrected chi connectivity index (χ0v) is 8.51. The van der Waals surface area contributed by atoms with E-state index in [2.05, 4.69) is 5.32 Å². The highest BCUT2D eigenvalue weighted by atomic mass is 16.2. The van der Waals surface area contributed by atoms with Gasteiger partial charge in [-0.2, -0.15) is 0 Å². The van der Waals surface area contributed by atoms with Crippen LogP contribution in [0.25, 0.3) is 0 Å². The first kappa shape index (κ1) is 9.49. The van der Waals surface area contributed by atoms with E-state index in [1.807, 2.05) is 6.92 Å². The molecule has 1 aliphatic heterocycles. The molecule has 0 aromatic rings. The molecule has 1 saturated heterocycles. The van der Waals surface area contributed by atoms with Crippen molar-refractivity contribution >= 4 is 11.8 Å². The monoisotopic (exact) mass is 196 g/mol. The number of nitrogens with one attached hydrogen (secondary N) is 1. The fourth-order valence-corrected chi connectivity index (χ4v) is 2.71. The van der Waals surface area contributed by atoms with Gasteiger partial charge in [-0.1, -0.05) is 12.8 Å². The van der Waals surface area contributed by atoms with Crippen molar-refractivity contribution in [3.63, 3.8) is 0 Å². The molecule has 0 unspecified atom stereocenters. The Morgan fingerprint density at radius 1 is 1.36 bits per heavy atom. The summed E-state index contributed by atoms with van der Waals surface area (Å²) in [4.78, 5) is 25.2. The quantitative estimate of drug-likeness (QED) is 0.654. The Kier molecular flexibility index (Phi) is 2.21. The topological polar surface area (TPSA) is 49.4 Å². The summed E-state index contributed by atoms with van der Waals surface area (Å²) >= 11 is 0. The Balaban J connectivity index is 2.31. The molecule has 78 valence electrons. The minimum atomic E-state index is -0.496. The van der Waals surface area contributed by atoms with Crippen molar-refractivity contribution in [1.29, 1.82) is 0 Å². The van der Waals surface area contributed by atoms with Gasteiger partial charge in [-0.05, 0) is 19.8 Å². The number of likely N-dealkylation sites (N-methyl/N-ethyl adjacent to an activating group) is 1. The van der Waals surface area contributed by atoms with E-state index in [0.717, 1.165) is 25.7 Å². The Labute approximate surface area is 83.6 Å². The van der Waals surface area contributed by atoms with Crippen LogP contribution < -0.4 is 5.32 Å². The Hall–Kier alpha value is -1.06. The summed E-state index contributed by atoms with van der Waals surface area (Å²) in [6.07, 6.45) is 3.77. The van der Waals surface area contributed by atoms with E-state index >= 15 is 0 Å². The number of carbonyl (C=O) groups excluding carboxylic acids is 2. The van der Waals surface area contributed by atoms with Crippen molar-refractivity contribution in [3.8, 4) is 0 Å². The average molecular weight is 196 g/mol. The number of piperazine rings is 1. The number of nitrogens with zero attached hydrogens (tertiary/aromatic N) is 1. The van der Waals surface area contributed by atoms with E-state index in [9.17, 15) is 9.59 Å². The maximum Gasteiger partial charge on any atom is 0.246 e.